The van der Waals surface area contributed by atoms with Crippen molar-refractivity contribution >= 4 is 23.3 Å². The zero-order valence-corrected chi connectivity index (χ0v) is 20.2. The summed E-state index contributed by atoms with van der Waals surface area (Å²) in [5.74, 6) is 0. The van der Waals surface area contributed by atoms with Crippen molar-refractivity contribution in [2.45, 2.75) is 13.8 Å². The fourth-order valence-electron chi connectivity index (χ4n) is 4.02. The van der Waals surface area contributed by atoms with Gasteiger partial charge in [0.2, 0.25) is 0 Å². The third kappa shape index (κ3) is 5.60. The molecule has 34 heavy (non-hydrogen) atoms. The predicted octanol–water partition coefficient (Wildman–Crippen LogP) is 10.1. The van der Waals surface area contributed by atoms with Crippen LogP contribution < -0.4 is 0 Å². The Balaban J connectivity index is 0.000000192. The van der Waals surface area contributed by atoms with Crippen molar-refractivity contribution in [2.75, 3.05) is 0 Å². The fourth-order valence-corrected chi connectivity index (χ4v) is 4.02. The standard InChI is InChI=1S/C18H18.C16H14/c1-13(2)15-9-5-7-11-17(15)18-12-8-6-10-16(18)14(3)4;1-3-13-9-5-7-11-15(13)16-12-8-6-10-14(16)4-2/h5-12H,1,3H2,2,4H3;3-12H,1-2H2. The van der Waals surface area contributed by atoms with E-state index in [0.717, 1.165) is 22.3 Å². The quantitative estimate of drug-likeness (QED) is 0.280. The molecule has 4 aromatic rings. The first-order valence-electron chi connectivity index (χ1n) is 11.4. The lowest BCUT2D eigenvalue weighted by molar-refractivity contribution is 1.51. The van der Waals surface area contributed by atoms with Crippen molar-refractivity contribution in [3.05, 3.63) is 146 Å². The van der Waals surface area contributed by atoms with Crippen LogP contribution in [0.4, 0.5) is 0 Å². The minimum atomic E-state index is 1.09. The Hall–Kier alpha value is -4.16. The Bertz CT molecular complexity index is 1230. The molecule has 0 nitrogen and oxygen atoms in total. The summed E-state index contributed by atoms with van der Waals surface area (Å²) in [6, 6.07) is 33.3. The van der Waals surface area contributed by atoms with E-state index in [-0.39, 0.29) is 0 Å². The fraction of sp³-hybridized carbons (Fsp3) is 0.0588. The molecule has 0 aliphatic rings. The molecule has 0 amide bonds. The van der Waals surface area contributed by atoms with Gasteiger partial charge >= 0.3 is 0 Å². The van der Waals surface area contributed by atoms with Gasteiger partial charge in [0.1, 0.15) is 0 Å². The summed E-state index contributed by atoms with van der Waals surface area (Å²) >= 11 is 0. The van der Waals surface area contributed by atoms with Gasteiger partial charge < -0.3 is 0 Å². The second-order valence-electron chi connectivity index (χ2n) is 8.23. The van der Waals surface area contributed by atoms with Crippen LogP contribution in [0.5, 0.6) is 0 Å². The van der Waals surface area contributed by atoms with Gasteiger partial charge in [-0.1, -0.05) is 147 Å². The second kappa shape index (κ2) is 11.6. The minimum absolute atomic E-state index is 1.09. The molecule has 0 spiro atoms. The molecular formula is C34H32. The van der Waals surface area contributed by atoms with Crippen molar-refractivity contribution in [3.8, 4) is 22.3 Å². The molecule has 0 saturated heterocycles. The lowest BCUT2D eigenvalue weighted by Crippen LogP contribution is -1.90. The van der Waals surface area contributed by atoms with Crippen molar-refractivity contribution in [2.24, 2.45) is 0 Å². The number of rotatable bonds is 6. The Morgan fingerprint density at radius 1 is 0.471 bits per heavy atom. The van der Waals surface area contributed by atoms with Crippen LogP contribution in [-0.4, -0.2) is 0 Å². The maximum atomic E-state index is 4.06. The minimum Gasteiger partial charge on any atom is -0.0984 e. The van der Waals surface area contributed by atoms with Crippen LogP contribution in [0.2, 0.25) is 0 Å². The van der Waals surface area contributed by atoms with Gasteiger partial charge in [-0.05, 0) is 58.4 Å². The van der Waals surface area contributed by atoms with Gasteiger partial charge in [-0.3, -0.25) is 0 Å². The predicted molar refractivity (Wildman–Crippen MR) is 153 cm³/mol. The molecule has 0 fully saturated rings. The topological polar surface area (TPSA) is 0 Å². The molecule has 0 unspecified atom stereocenters. The van der Waals surface area contributed by atoms with E-state index in [1.807, 2.05) is 50.3 Å². The van der Waals surface area contributed by atoms with E-state index >= 15 is 0 Å². The van der Waals surface area contributed by atoms with E-state index in [2.05, 4.69) is 99.1 Å². The van der Waals surface area contributed by atoms with E-state index in [0.29, 0.717) is 0 Å². The Kier molecular flexibility index (Phi) is 8.37. The van der Waals surface area contributed by atoms with E-state index in [9.17, 15) is 0 Å². The summed E-state index contributed by atoms with van der Waals surface area (Å²) in [5, 5.41) is 0. The summed E-state index contributed by atoms with van der Waals surface area (Å²) in [5.41, 5.74) is 11.7. The highest BCUT2D eigenvalue weighted by atomic mass is 14.1. The van der Waals surface area contributed by atoms with Gasteiger partial charge in [-0.25, -0.2) is 0 Å². The molecule has 0 heterocycles. The zero-order chi connectivity index (χ0) is 24.5. The van der Waals surface area contributed by atoms with Crippen LogP contribution in [-0.2, 0) is 0 Å². The van der Waals surface area contributed by atoms with Crippen molar-refractivity contribution in [1.82, 2.24) is 0 Å². The largest absolute Gasteiger partial charge is 0.0984 e. The molecule has 0 aromatic heterocycles. The number of hydrogen-bond donors (Lipinski definition) is 0. The highest BCUT2D eigenvalue weighted by molar-refractivity contribution is 5.86. The van der Waals surface area contributed by atoms with Gasteiger partial charge in [0.05, 0.1) is 0 Å². The van der Waals surface area contributed by atoms with Gasteiger partial charge in [-0.15, -0.1) is 0 Å². The lowest BCUT2D eigenvalue weighted by Gasteiger charge is -2.13. The van der Waals surface area contributed by atoms with Gasteiger partial charge in [0.15, 0.2) is 0 Å². The molecule has 0 heteroatoms. The third-order valence-corrected chi connectivity index (χ3v) is 5.72. The first-order chi connectivity index (χ1) is 16.5. The average Bonchev–Trinajstić information content (AvgIpc) is 2.89. The molecule has 4 rings (SSSR count). The summed E-state index contributed by atoms with van der Waals surface area (Å²) in [4.78, 5) is 0. The number of benzene rings is 4. The van der Waals surface area contributed by atoms with Crippen LogP contribution in [0.3, 0.4) is 0 Å². The Labute approximate surface area is 204 Å². The summed E-state index contributed by atoms with van der Waals surface area (Å²) in [6.45, 7) is 19.9. The van der Waals surface area contributed by atoms with Crippen LogP contribution >= 0.6 is 0 Å². The molecule has 0 aliphatic carbocycles. The third-order valence-electron chi connectivity index (χ3n) is 5.72. The highest BCUT2D eigenvalue weighted by Crippen LogP contribution is 2.33. The molecule has 0 bridgehead atoms. The zero-order valence-electron chi connectivity index (χ0n) is 20.2. The van der Waals surface area contributed by atoms with E-state index in [1.165, 1.54) is 33.4 Å². The molecule has 0 atom stereocenters. The van der Waals surface area contributed by atoms with Crippen molar-refractivity contribution < 1.29 is 0 Å². The normalized spacial score (nSPS) is 9.94. The van der Waals surface area contributed by atoms with Crippen LogP contribution in [0.1, 0.15) is 36.1 Å². The molecule has 4 aromatic carbocycles. The molecule has 0 saturated carbocycles. The molecule has 0 radical (unpaired) electrons. The maximum absolute atomic E-state index is 4.06. The molecule has 0 N–H and O–H groups in total. The monoisotopic (exact) mass is 440 g/mol. The number of allylic oxidation sites excluding steroid dienone is 2. The smallest absolute Gasteiger partial charge is 0.0103 e. The average molecular weight is 441 g/mol. The van der Waals surface area contributed by atoms with Crippen LogP contribution in [0.15, 0.2) is 123 Å². The second-order valence-corrected chi connectivity index (χ2v) is 8.23. The summed E-state index contributed by atoms with van der Waals surface area (Å²) in [7, 11) is 0. The van der Waals surface area contributed by atoms with Crippen molar-refractivity contribution in [3.63, 3.8) is 0 Å². The summed E-state index contributed by atoms with van der Waals surface area (Å²) < 4.78 is 0. The van der Waals surface area contributed by atoms with E-state index in [4.69, 9.17) is 0 Å². The SMILES string of the molecule is C=C(C)c1ccccc1-c1ccccc1C(=C)C.C=Cc1ccccc1-c1ccccc1C=C. The molecule has 0 aliphatic heterocycles. The maximum Gasteiger partial charge on any atom is -0.0103 e. The van der Waals surface area contributed by atoms with Gasteiger partial charge in [-0.2, -0.15) is 0 Å². The first kappa shape index (κ1) is 24.5. The van der Waals surface area contributed by atoms with E-state index in [1.54, 1.807) is 0 Å². The first-order valence-corrected chi connectivity index (χ1v) is 11.4. The summed E-state index contributed by atoms with van der Waals surface area (Å²) in [6.07, 6.45) is 3.77. The molecular weight excluding hydrogens is 408 g/mol. The van der Waals surface area contributed by atoms with Gasteiger partial charge in [0, 0.05) is 0 Å². The van der Waals surface area contributed by atoms with Crippen molar-refractivity contribution in [1.29, 1.82) is 0 Å². The Morgan fingerprint density at radius 2 is 0.765 bits per heavy atom. The Morgan fingerprint density at radius 3 is 1.09 bits per heavy atom. The molecule has 168 valence electrons. The van der Waals surface area contributed by atoms with Gasteiger partial charge in [0.25, 0.3) is 0 Å². The van der Waals surface area contributed by atoms with E-state index < -0.39 is 0 Å². The van der Waals surface area contributed by atoms with Crippen LogP contribution in [0, 0.1) is 0 Å². The van der Waals surface area contributed by atoms with Crippen LogP contribution in [0.25, 0.3) is 45.6 Å². The number of hydrogen-bond acceptors (Lipinski definition) is 0. The highest BCUT2D eigenvalue weighted by Gasteiger charge is 2.09. The lowest BCUT2D eigenvalue weighted by atomic mass is 9.91.